The van der Waals surface area contributed by atoms with E-state index >= 15 is 0 Å². The Hall–Kier alpha value is -2.10. The molecular formula is C15H22N6O3. The maximum absolute atomic E-state index is 12.8. The van der Waals surface area contributed by atoms with Gasteiger partial charge in [0.25, 0.3) is 5.56 Å². The van der Waals surface area contributed by atoms with Crippen molar-refractivity contribution in [2.24, 2.45) is 0 Å². The van der Waals surface area contributed by atoms with Crippen LogP contribution in [-0.2, 0) is 6.54 Å². The summed E-state index contributed by atoms with van der Waals surface area (Å²) in [6.07, 6.45) is 1.13. The van der Waals surface area contributed by atoms with Gasteiger partial charge in [-0.3, -0.25) is 9.36 Å². The van der Waals surface area contributed by atoms with Crippen molar-refractivity contribution < 1.29 is 10.2 Å². The second-order valence-electron chi connectivity index (χ2n) is 6.31. The van der Waals surface area contributed by atoms with E-state index in [1.807, 2.05) is 7.05 Å². The van der Waals surface area contributed by atoms with Crippen LogP contribution < -0.4 is 11.3 Å². The number of aliphatic hydroxyl groups is 2. The number of likely N-dealkylation sites (tertiary alicyclic amines) is 1. The number of hydrogen-bond acceptors (Lipinski definition) is 8. The van der Waals surface area contributed by atoms with Gasteiger partial charge in [0.05, 0.1) is 18.0 Å². The fourth-order valence-electron chi connectivity index (χ4n) is 3.01. The minimum atomic E-state index is -1.21. The molecule has 0 radical (unpaired) electrons. The average molecular weight is 334 g/mol. The molecule has 0 saturated carbocycles. The molecule has 1 saturated heterocycles. The summed E-state index contributed by atoms with van der Waals surface area (Å²) in [6, 6.07) is 0.225. The van der Waals surface area contributed by atoms with Crippen molar-refractivity contribution in [3.63, 3.8) is 0 Å². The Morgan fingerprint density at radius 3 is 2.79 bits per heavy atom. The maximum Gasteiger partial charge on any atom is 0.283 e. The lowest BCUT2D eigenvalue weighted by molar-refractivity contribution is 0.0278. The number of rotatable bonds is 4. The predicted octanol–water partition coefficient (Wildman–Crippen LogP) is -0.723. The summed E-state index contributed by atoms with van der Waals surface area (Å²) in [6.45, 7) is 2.87. The Morgan fingerprint density at radius 1 is 1.42 bits per heavy atom. The minimum Gasteiger partial charge on any atom is -0.390 e. The Morgan fingerprint density at radius 2 is 2.17 bits per heavy atom. The zero-order chi connectivity index (χ0) is 17.4. The molecule has 130 valence electrons. The molecule has 9 nitrogen and oxygen atoms in total. The Labute approximate surface area is 138 Å². The summed E-state index contributed by atoms with van der Waals surface area (Å²) in [5, 5.41) is 19.4. The lowest BCUT2D eigenvalue weighted by Crippen LogP contribution is -2.35. The second kappa shape index (κ2) is 6.42. The number of anilines is 1. The summed E-state index contributed by atoms with van der Waals surface area (Å²) in [4.78, 5) is 27.3. The van der Waals surface area contributed by atoms with E-state index in [9.17, 15) is 15.0 Å². The number of nitrogen functional groups attached to an aromatic ring is 1. The first-order chi connectivity index (χ1) is 11.4. The van der Waals surface area contributed by atoms with Crippen LogP contribution in [0.5, 0.6) is 0 Å². The molecule has 0 aliphatic carbocycles. The fraction of sp³-hybridized carbons (Fsp3) is 0.600. The topological polar surface area (TPSA) is 130 Å². The van der Waals surface area contributed by atoms with Gasteiger partial charge >= 0.3 is 0 Å². The highest BCUT2D eigenvalue weighted by Gasteiger charge is 2.24. The zero-order valence-corrected chi connectivity index (χ0v) is 13.8. The van der Waals surface area contributed by atoms with Crippen molar-refractivity contribution in [1.82, 2.24) is 24.4 Å². The molecule has 2 aromatic heterocycles. The van der Waals surface area contributed by atoms with Crippen LogP contribution >= 0.6 is 0 Å². The lowest BCUT2D eigenvalue weighted by atomic mass is 10.2. The Balaban J connectivity index is 2.05. The molecule has 1 aliphatic heterocycles. The van der Waals surface area contributed by atoms with Gasteiger partial charge in [0.1, 0.15) is 6.10 Å². The smallest absolute Gasteiger partial charge is 0.283 e. The molecule has 0 amide bonds. The van der Waals surface area contributed by atoms with E-state index in [1.54, 1.807) is 0 Å². The first kappa shape index (κ1) is 16.7. The molecule has 2 aromatic rings. The first-order valence-corrected chi connectivity index (χ1v) is 7.98. The van der Waals surface area contributed by atoms with Crippen LogP contribution in [0.3, 0.4) is 0 Å². The van der Waals surface area contributed by atoms with Gasteiger partial charge in [0, 0.05) is 12.6 Å². The fourth-order valence-corrected chi connectivity index (χ4v) is 3.01. The number of aliphatic hydroxyl groups excluding tert-OH is 2. The van der Waals surface area contributed by atoms with E-state index in [2.05, 4.69) is 19.9 Å². The Bertz CT molecular complexity index is 806. The maximum atomic E-state index is 12.8. The molecule has 0 bridgehead atoms. The third kappa shape index (κ3) is 2.97. The quantitative estimate of drug-likeness (QED) is 0.667. The van der Waals surface area contributed by atoms with Crippen molar-refractivity contribution in [2.75, 3.05) is 19.3 Å². The molecule has 3 atom stereocenters. The summed E-state index contributed by atoms with van der Waals surface area (Å²) in [5.41, 5.74) is 5.86. The molecule has 1 aliphatic rings. The van der Waals surface area contributed by atoms with Crippen LogP contribution in [0.4, 0.5) is 5.95 Å². The number of nitrogens with zero attached hydrogens (tertiary/aromatic N) is 5. The molecule has 0 spiro atoms. The van der Waals surface area contributed by atoms with Gasteiger partial charge < -0.3 is 20.8 Å². The van der Waals surface area contributed by atoms with E-state index in [0.29, 0.717) is 6.54 Å². The van der Waals surface area contributed by atoms with Gasteiger partial charge in [0.15, 0.2) is 11.2 Å². The molecule has 9 heteroatoms. The standard InChI is InChI=1S/C15H22N6O3/c1-8(22)12(23)10-6-17-13-11(18-10)14(24)21(15(16)19-13)7-9-4-3-5-20(9)2/h6,8-9,12,22-23H,3-5,7H2,1-2H3,(H2,16,17,19). The van der Waals surface area contributed by atoms with E-state index in [4.69, 9.17) is 5.73 Å². The van der Waals surface area contributed by atoms with E-state index < -0.39 is 12.2 Å². The summed E-state index contributed by atoms with van der Waals surface area (Å²) >= 11 is 0. The van der Waals surface area contributed by atoms with Crippen LogP contribution in [-0.4, -0.2) is 60.4 Å². The zero-order valence-electron chi connectivity index (χ0n) is 13.8. The van der Waals surface area contributed by atoms with Crippen molar-refractivity contribution in [3.05, 3.63) is 22.2 Å². The van der Waals surface area contributed by atoms with Crippen LogP contribution in [0.1, 0.15) is 31.6 Å². The summed E-state index contributed by atoms with van der Waals surface area (Å²) < 4.78 is 1.40. The molecule has 24 heavy (non-hydrogen) atoms. The van der Waals surface area contributed by atoms with Crippen molar-refractivity contribution in [1.29, 1.82) is 0 Å². The van der Waals surface area contributed by atoms with E-state index in [0.717, 1.165) is 19.4 Å². The van der Waals surface area contributed by atoms with Crippen LogP contribution in [0, 0.1) is 0 Å². The van der Waals surface area contributed by atoms with Gasteiger partial charge in [-0.25, -0.2) is 9.97 Å². The third-order valence-electron chi connectivity index (χ3n) is 4.54. The molecule has 3 heterocycles. The Kier molecular flexibility index (Phi) is 4.48. The minimum absolute atomic E-state index is 0.0436. The molecule has 3 unspecified atom stereocenters. The monoisotopic (exact) mass is 334 g/mol. The molecule has 3 rings (SSSR count). The normalized spacial score (nSPS) is 21.2. The average Bonchev–Trinajstić information content (AvgIpc) is 2.95. The molecular weight excluding hydrogens is 312 g/mol. The van der Waals surface area contributed by atoms with Crippen LogP contribution in [0.25, 0.3) is 11.2 Å². The van der Waals surface area contributed by atoms with Crippen molar-refractivity contribution in [3.8, 4) is 0 Å². The van der Waals surface area contributed by atoms with E-state index in [-0.39, 0.29) is 34.4 Å². The largest absolute Gasteiger partial charge is 0.390 e. The van der Waals surface area contributed by atoms with Gasteiger partial charge in [0.2, 0.25) is 5.95 Å². The molecule has 0 aromatic carbocycles. The summed E-state index contributed by atoms with van der Waals surface area (Å²) in [5.74, 6) is 0.103. The van der Waals surface area contributed by atoms with Crippen molar-refractivity contribution >= 4 is 17.1 Å². The highest BCUT2D eigenvalue weighted by atomic mass is 16.3. The van der Waals surface area contributed by atoms with Gasteiger partial charge in [-0.05, 0) is 33.4 Å². The SMILES string of the molecule is CC(O)C(O)c1cnc2nc(N)n(CC3CCCN3C)c(=O)c2n1. The second-order valence-corrected chi connectivity index (χ2v) is 6.31. The number of nitrogens with two attached hydrogens (primary N) is 1. The molecule has 4 N–H and O–H groups in total. The number of aromatic nitrogens is 4. The predicted molar refractivity (Wildman–Crippen MR) is 88.3 cm³/mol. The van der Waals surface area contributed by atoms with E-state index in [1.165, 1.54) is 17.7 Å². The lowest BCUT2D eigenvalue weighted by Gasteiger charge is -2.21. The number of likely N-dealkylation sites (N-methyl/N-ethyl adjacent to an activating group) is 1. The number of hydrogen-bond donors (Lipinski definition) is 3. The van der Waals surface area contributed by atoms with Gasteiger partial charge in [-0.2, -0.15) is 4.98 Å². The summed E-state index contributed by atoms with van der Waals surface area (Å²) in [7, 11) is 2.02. The highest BCUT2D eigenvalue weighted by molar-refractivity contribution is 5.69. The first-order valence-electron chi connectivity index (χ1n) is 7.98. The highest BCUT2D eigenvalue weighted by Crippen LogP contribution is 2.18. The number of fused-ring (bicyclic) bond motifs is 1. The van der Waals surface area contributed by atoms with Crippen LogP contribution in [0.15, 0.2) is 11.0 Å². The third-order valence-corrected chi connectivity index (χ3v) is 4.54. The van der Waals surface area contributed by atoms with Gasteiger partial charge in [-0.15, -0.1) is 0 Å². The molecule has 1 fully saturated rings. The van der Waals surface area contributed by atoms with Gasteiger partial charge in [-0.1, -0.05) is 0 Å². The van der Waals surface area contributed by atoms with Crippen LogP contribution in [0.2, 0.25) is 0 Å². The van der Waals surface area contributed by atoms with Crippen molar-refractivity contribution in [2.45, 2.75) is 44.6 Å².